The van der Waals surface area contributed by atoms with Crippen LogP contribution in [-0.2, 0) is 16.8 Å². The van der Waals surface area contributed by atoms with Crippen molar-refractivity contribution in [2.45, 2.75) is 44.8 Å². The number of benzene rings is 1. The number of imide groups is 1. The summed E-state index contributed by atoms with van der Waals surface area (Å²) >= 11 is 0. The van der Waals surface area contributed by atoms with Gasteiger partial charge in [0.2, 0.25) is 0 Å². The average Bonchev–Trinajstić information content (AvgIpc) is 3.37. The van der Waals surface area contributed by atoms with E-state index in [1.165, 1.54) is 12.1 Å². The minimum absolute atomic E-state index is 0.104. The average molecular weight is 450 g/mol. The van der Waals surface area contributed by atoms with Crippen LogP contribution >= 0.6 is 0 Å². The number of hydrogen-bond acceptors (Lipinski definition) is 6. The van der Waals surface area contributed by atoms with Crippen molar-refractivity contribution in [3.05, 3.63) is 64.4 Å². The van der Waals surface area contributed by atoms with E-state index in [9.17, 15) is 19.1 Å². The maximum atomic E-state index is 14.8. The second kappa shape index (κ2) is 7.66. The summed E-state index contributed by atoms with van der Waals surface area (Å²) in [5, 5.41) is 22.6. The number of urea groups is 1. The smallest absolute Gasteiger partial charge is 0.326 e. The standard InChI is InChI=1S/C23H23FN6O3/c1-23(2,33)14-4-3-12(17(24)9-14)7-16-10-19(26-15-5-6-15)30-20(27-16)13(11-25-30)8-18-21(31)29-22(32)28-18/h3-4,8-11,15,26,33H,5-7H2,1-2H3,(H2,28,29,31,32)/b18-8-. The molecule has 1 saturated carbocycles. The first kappa shape index (κ1) is 21.1. The van der Waals surface area contributed by atoms with Gasteiger partial charge in [-0.2, -0.15) is 9.61 Å². The lowest BCUT2D eigenvalue weighted by Gasteiger charge is -2.18. The van der Waals surface area contributed by atoms with E-state index in [0.29, 0.717) is 34.1 Å². The number of aliphatic hydroxyl groups is 1. The van der Waals surface area contributed by atoms with Crippen molar-refractivity contribution in [2.75, 3.05) is 5.32 Å². The summed E-state index contributed by atoms with van der Waals surface area (Å²) in [6.45, 7) is 3.21. The van der Waals surface area contributed by atoms with Crippen LogP contribution in [0.3, 0.4) is 0 Å². The number of nitrogens with zero attached hydrogens (tertiary/aromatic N) is 3. The highest BCUT2D eigenvalue weighted by Crippen LogP contribution is 2.28. The van der Waals surface area contributed by atoms with E-state index in [0.717, 1.165) is 18.7 Å². The molecule has 1 saturated heterocycles. The Hall–Kier alpha value is -3.79. The fourth-order valence-electron chi connectivity index (χ4n) is 3.67. The van der Waals surface area contributed by atoms with Crippen molar-refractivity contribution in [1.82, 2.24) is 25.2 Å². The van der Waals surface area contributed by atoms with Crippen molar-refractivity contribution >= 4 is 29.5 Å². The molecule has 5 rings (SSSR count). The number of carbonyl (C=O) groups is 2. The lowest BCUT2D eigenvalue weighted by atomic mass is 9.96. The van der Waals surface area contributed by atoms with E-state index in [1.807, 2.05) is 6.07 Å². The third-order valence-corrected chi connectivity index (χ3v) is 5.63. The molecule has 0 atom stereocenters. The van der Waals surface area contributed by atoms with Gasteiger partial charge in [0.05, 0.1) is 17.5 Å². The highest BCUT2D eigenvalue weighted by molar-refractivity contribution is 6.14. The molecule has 0 radical (unpaired) electrons. The van der Waals surface area contributed by atoms with E-state index in [1.54, 1.807) is 36.7 Å². The Bertz CT molecular complexity index is 1320. The molecule has 33 heavy (non-hydrogen) atoms. The van der Waals surface area contributed by atoms with E-state index in [2.05, 4.69) is 26.0 Å². The molecule has 10 heteroatoms. The van der Waals surface area contributed by atoms with Crippen LogP contribution in [0.25, 0.3) is 11.7 Å². The maximum Gasteiger partial charge on any atom is 0.326 e. The summed E-state index contributed by atoms with van der Waals surface area (Å²) in [4.78, 5) is 28.0. The van der Waals surface area contributed by atoms with Gasteiger partial charge in [0.25, 0.3) is 5.91 Å². The van der Waals surface area contributed by atoms with Crippen LogP contribution in [0.15, 0.2) is 36.2 Å². The Kier molecular flexibility index (Phi) is 4.89. The predicted molar refractivity (Wildman–Crippen MR) is 119 cm³/mol. The summed E-state index contributed by atoms with van der Waals surface area (Å²) in [5.74, 6) is -0.231. The van der Waals surface area contributed by atoms with Gasteiger partial charge in [0, 0.05) is 24.1 Å². The van der Waals surface area contributed by atoms with E-state index < -0.39 is 23.4 Å². The number of nitrogens with one attached hydrogen (secondary N) is 3. The van der Waals surface area contributed by atoms with Gasteiger partial charge >= 0.3 is 6.03 Å². The summed E-state index contributed by atoms with van der Waals surface area (Å²) in [5.41, 5.74) is 1.53. The fraction of sp³-hybridized carbons (Fsp3) is 0.304. The highest BCUT2D eigenvalue weighted by Gasteiger charge is 2.25. The minimum atomic E-state index is -1.14. The molecule has 170 valence electrons. The van der Waals surface area contributed by atoms with Gasteiger partial charge in [-0.1, -0.05) is 12.1 Å². The quantitative estimate of drug-likeness (QED) is 0.338. The number of carbonyl (C=O) groups excluding carboxylic acids is 2. The van der Waals surface area contributed by atoms with Crippen molar-refractivity contribution in [3.63, 3.8) is 0 Å². The minimum Gasteiger partial charge on any atom is -0.386 e. The molecule has 1 aliphatic heterocycles. The second-order valence-electron chi connectivity index (χ2n) is 8.89. The van der Waals surface area contributed by atoms with Crippen LogP contribution in [0, 0.1) is 5.82 Å². The number of rotatable bonds is 6. The number of hydrogen-bond donors (Lipinski definition) is 4. The van der Waals surface area contributed by atoms with Gasteiger partial charge in [0.1, 0.15) is 17.3 Å². The van der Waals surface area contributed by atoms with Gasteiger partial charge in [-0.3, -0.25) is 10.1 Å². The van der Waals surface area contributed by atoms with E-state index in [4.69, 9.17) is 0 Å². The first-order valence-corrected chi connectivity index (χ1v) is 10.7. The molecule has 2 fully saturated rings. The largest absolute Gasteiger partial charge is 0.386 e. The third-order valence-electron chi connectivity index (χ3n) is 5.63. The van der Waals surface area contributed by atoms with Gasteiger partial charge in [-0.05, 0) is 50.0 Å². The van der Waals surface area contributed by atoms with Gasteiger partial charge in [-0.25, -0.2) is 14.2 Å². The monoisotopic (exact) mass is 450 g/mol. The number of fused-ring (bicyclic) bond motifs is 1. The summed E-state index contributed by atoms with van der Waals surface area (Å²) in [6, 6.07) is 6.29. The van der Waals surface area contributed by atoms with Gasteiger partial charge in [-0.15, -0.1) is 0 Å². The van der Waals surface area contributed by atoms with Crippen LogP contribution < -0.4 is 16.0 Å². The summed E-state index contributed by atoms with van der Waals surface area (Å²) < 4.78 is 16.4. The Labute approximate surface area is 188 Å². The zero-order valence-electron chi connectivity index (χ0n) is 18.1. The van der Waals surface area contributed by atoms with Crippen LogP contribution in [0.4, 0.5) is 15.0 Å². The molecule has 9 nitrogen and oxygen atoms in total. The molecule has 1 aromatic carbocycles. The van der Waals surface area contributed by atoms with Gasteiger partial charge in [0.15, 0.2) is 5.65 Å². The number of aromatic nitrogens is 3. The Morgan fingerprint density at radius 3 is 2.70 bits per heavy atom. The van der Waals surface area contributed by atoms with Crippen molar-refractivity contribution in [1.29, 1.82) is 0 Å². The predicted octanol–water partition coefficient (Wildman–Crippen LogP) is 2.44. The summed E-state index contributed by atoms with van der Waals surface area (Å²) in [6.07, 6.45) is 5.41. The molecule has 4 N–H and O–H groups in total. The SMILES string of the molecule is CC(C)(O)c1ccc(Cc2cc(NC3CC3)n3ncc(/C=C4\NC(=O)NC4=O)c3n2)c(F)c1. The Morgan fingerprint density at radius 1 is 1.27 bits per heavy atom. The van der Waals surface area contributed by atoms with Crippen LogP contribution in [-0.4, -0.2) is 37.7 Å². The molecule has 0 bridgehead atoms. The number of anilines is 1. The number of halogens is 1. The molecule has 3 heterocycles. The topological polar surface area (TPSA) is 121 Å². The van der Waals surface area contributed by atoms with E-state index >= 15 is 0 Å². The summed E-state index contributed by atoms with van der Waals surface area (Å²) in [7, 11) is 0. The fourth-order valence-corrected chi connectivity index (χ4v) is 3.67. The lowest BCUT2D eigenvalue weighted by molar-refractivity contribution is -0.115. The third kappa shape index (κ3) is 4.29. The molecule has 2 aliphatic rings. The normalized spacial score (nSPS) is 17.5. The first-order valence-electron chi connectivity index (χ1n) is 10.7. The Morgan fingerprint density at radius 2 is 2.06 bits per heavy atom. The molecule has 0 unspecified atom stereocenters. The molecular weight excluding hydrogens is 427 g/mol. The molecule has 1 aliphatic carbocycles. The zero-order valence-corrected chi connectivity index (χ0v) is 18.1. The molecule has 0 spiro atoms. The molecule has 2 aromatic heterocycles. The number of amides is 3. The van der Waals surface area contributed by atoms with Crippen LogP contribution in [0.2, 0.25) is 0 Å². The lowest BCUT2D eigenvalue weighted by Crippen LogP contribution is -2.22. The highest BCUT2D eigenvalue weighted by atomic mass is 19.1. The van der Waals surface area contributed by atoms with Crippen molar-refractivity contribution in [2.24, 2.45) is 0 Å². The zero-order chi connectivity index (χ0) is 23.3. The van der Waals surface area contributed by atoms with Crippen LogP contribution in [0.1, 0.15) is 49.1 Å². The molecular formula is C23H23FN6O3. The first-order chi connectivity index (χ1) is 15.7. The van der Waals surface area contributed by atoms with Crippen LogP contribution in [0.5, 0.6) is 0 Å². The Balaban J connectivity index is 1.54. The van der Waals surface area contributed by atoms with Gasteiger partial charge < -0.3 is 15.7 Å². The molecule has 3 aromatic rings. The molecule has 3 amide bonds. The van der Waals surface area contributed by atoms with Crippen molar-refractivity contribution < 1.29 is 19.1 Å². The van der Waals surface area contributed by atoms with E-state index in [-0.39, 0.29) is 12.1 Å². The second-order valence-corrected chi connectivity index (χ2v) is 8.89. The van der Waals surface area contributed by atoms with Crippen molar-refractivity contribution in [3.8, 4) is 0 Å². The maximum absolute atomic E-state index is 14.8.